The van der Waals surface area contributed by atoms with E-state index in [0.717, 1.165) is 22.2 Å². The smallest absolute Gasteiger partial charge is 0.282 e. The van der Waals surface area contributed by atoms with Crippen molar-refractivity contribution in [3.8, 4) is 6.07 Å². The lowest BCUT2D eigenvalue weighted by Gasteiger charge is -2.22. The largest absolute Gasteiger partial charge is 0.464 e. The quantitative estimate of drug-likeness (QED) is 0.373. The molecule has 0 aliphatic carbocycles. The minimum absolute atomic E-state index is 0.190. The molecule has 0 atom stereocenters. The Morgan fingerprint density at radius 1 is 1.30 bits per heavy atom. The molecular weight excluding hydrogens is 440 g/mol. The van der Waals surface area contributed by atoms with Crippen LogP contribution in [0.3, 0.4) is 0 Å². The van der Waals surface area contributed by atoms with Crippen LogP contribution in [0.5, 0.6) is 0 Å². The number of halogens is 1. The maximum atomic E-state index is 12.3. The summed E-state index contributed by atoms with van der Waals surface area (Å²) in [6.07, 6.45) is 3.41. The lowest BCUT2D eigenvalue weighted by Crippen LogP contribution is -2.18. The summed E-state index contributed by atoms with van der Waals surface area (Å²) < 4.78 is 8.39. The molecule has 0 unspecified atom stereocenters. The number of furan rings is 1. The average Bonchev–Trinajstić information content (AvgIpc) is 3.38. The number of fused-ring (bicyclic) bond motifs is 1. The van der Waals surface area contributed by atoms with Crippen LogP contribution in [0.25, 0.3) is 11.0 Å². The predicted molar refractivity (Wildman–Crippen MR) is 121 cm³/mol. The molecule has 1 N–H and O–H groups in total. The van der Waals surface area contributed by atoms with Crippen LogP contribution in [0.2, 0.25) is 4.34 Å². The Hall–Kier alpha value is -2.99. The highest BCUT2D eigenvalue weighted by atomic mass is 35.5. The van der Waals surface area contributed by atoms with Crippen molar-refractivity contribution in [1.29, 1.82) is 5.26 Å². The third kappa shape index (κ3) is 4.14. The predicted octanol–water partition coefficient (Wildman–Crippen LogP) is 5.76. The summed E-state index contributed by atoms with van der Waals surface area (Å²) in [5.41, 5.74) is 3.45. The fourth-order valence-electron chi connectivity index (χ4n) is 2.97. The number of rotatable bonds is 6. The van der Waals surface area contributed by atoms with Crippen LogP contribution in [-0.4, -0.2) is 17.1 Å². The Balaban J connectivity index is 1.74. The highest BCUT2D eigenvalue weighted by molar-refractivity contribution is 7.97. The van der Waals surface area contributed by atoms with Crippen LogP contribution in [0.15, 0.2) is 59.2 Å². The van der Waals surface area contributed by atoms with E-state index in [2.05, 4.69) is 15.8 Å². The number of nitrogens with zero attached hydrogens (tertiary/aromatic N) is 3. The lowest BCUT2D eigenvalue weighted by atomic mass is 10.1. The standard InChI is InChI=1S/C21H15ClN4O2S2/c1-29-25-20(27)18-19(22)30-21(24-18)26(16-5-2-13(11-23)3-6-16)12-14-4-7-17-15(10-14)8-9-28-17/h2-10H,12H2,1H3,(H,25,27). The number of anilines is 2. The minimum Gasteiger partial charge on any atom is -0.464 e. The molecule has 4 aromatic rings. The van der Waals surface area contributed by atoms with Gasteiger partial charge in [-0.2, -0.15) is 5.26 Å². The molecule has 150 valence electrons. The van der Waals surface area contributed by atoms with Crippen LogP contribution in [0.4, 0.5) is 10.8 Å². The van der Waals surface area contributed by atoms with Gasteiger partial charge in [0.15, 0.2) is 10.8 Å². The van der Waals surface area contributed by atoms with Gasteiger partial charge in [0.1, 0.15) is 9.92 Å². The van der Waals surface area contributed by atoms with E-state index in [1.807, 2.05) is 41.3 Å². The average molecular weight is 455 g/mol. The number of hydrogen-bond acceptors (Lipinski definition) is 7. The molecule has 0 saturated heterocycles. The van der Waals surface area contributed by atoms with Gasteiger partial charge in [-0.1, -0.05) is 41.0 Å². The summed E-state index contributed by atoms with van der Waals surface area (Å²) in [7, 11) is 0. The van der Waals surface area contributed by atoms with E-state index in [1.54, 1.807) is 24.7 Å². The first-order valence-electron chi connectivity index (χ1n) is 8.82. The number of carbonyl (C=O) groups excluding carboxylic acids is 1. The van der Waals surface area contributed by atoms with Crippen LogP contribution in [0.1, 0.15) is 21.6 Å². The maximum absolute atomic E-state index is 12.3. The fourth-order valence-corrected chi connectivity index (χ4v) is 4.40. The van der Waals surface area contributed by atoms with Gasteiger partial charge in [0.25, 0.3) is 5.91 Å². The van der Waals surface area contributed by atoms with Gasteiger partial charge in [0.2, 0.25) is 0 Å². The molecule has 6 nitrogen and oxygen atoms in total. The van der Waals surface area contributed by atoms with E-state index in [0.29, 0.717) is 21.6 Å². The number of nitrogens with one attached hydrogen (secondary N) is 1. The molecular formula is C21H15ClN4O2S2. The molecule has 2 heterocycles. The van der Waals surface area contributed by atoms with Crippen molar-refractivity contribution in [2.45, 2.75) is 6.54 Å². The van der Waals surface area contributed by atoms with Crippen LogP contribution < -0.4 is 9.62 Å². The van der Waals surface area contributed by atoms with E-state index in [1.165, 1.54) is 23.3 Å². The normalized spacial score (nSPS) is 10.7. The first-order chi connectivity index (χ1) is 14.6. The van der Waals surface area contributed by atoms with Crippen LogP contribution in [0, 0.1) is 11.3 Å². The molecule has 0 spiro atoms. The molecule has 9 heteroatoms. The molecule has 0 radical (unpaired) electrons. The van der Waals surface area contributed by atoms with Crippen molar-refractivity contribution in [1.82, 2.24) is 9.71 Å². The maximum Gasteiger partial charge on any atom is 0.282 e. The number of benzene rings is 2. The molecule has 0 aliphatic heterocycles. The van der Waals surface area contributed by atoms with Crippen molar-refractivity contribution in [3.05, 3.63) is 76.0 Å². The number of nitriles is 1. The third-order valence-electron chi connectivity index (χ3n) is 4.38. The van der Waals surface area contributed by atoms with E-state index in [4.69, 9.17) is 21.3 Å². The number of hydrogen-bond donors (Lipinski definition) is 1. The molecule has 1 amide bonds. The SMILES string of the molecule is CSNC(=O)c1nc(N(Cc2ccc3occc3c2)c2ccc(C#N)cc2)sc1Cl. The summed E-state index contributed by atoms with van der Waals surface area (Å²) in [6, 6.07) is 17.2. The second kappa shape index (κ2) is 8.79. The van der Waals surface area contributed by atoms with Gasteiger partial charge in [-0.25, -0.2) is 4.98 Å². The Labute approximate surface area is 186 Å². The zero-order valence-corrected chi connectivity index (χ0v) is 18.1. The van der Waals surface area contributed by atoms with Crippen molar-refractivity contribution in [2.75, 3.05) is 11.2 Å². The molecule has 0 bridgehead atoms. The lowest BCUT2D eigenvalue weighted by molar-refractivity contribution is 0.0980. The summed E-state index contributed by atoms with van der Waals surface area (Å²) in [5, 5.41) is 10.7. The van der Waals surface area contributed by atoms with Crippen molar-refractivity contribution in [3.63, 3.8) is 0 Å². The Morgan fingerprint density at radius 2 is 2.10 bits per heavy atom. The van der Waals surface area contributed by atoms with E-state index in [9.17, 15) is 4.79 Å². The van der Waals surface area contributed by atoms with Crippen LogP contribution >= 0.6 is 34.9 Å². The van der Waals surface area contributed by atoms with Gasteiger partial charge < -0.3 is 9.32 Å². The monoisotopic (exact) mass is 454 g/mol. The van der Waals surface area contributed by atoms with Gasteiger partial charge in [-0.3, -0.25) is 9.52 Å². The summed E-state index contributed by atoms with van der Waals surface area (Å²) in [4.78, 5) is 18.7. The molecule has 0 saturated carbocycles. The molecule has 0 fully saturated rings. The number of amides is 1. The summed E-state index contributed by atoms with van der Waals surface area (Å²) in [5.74, 6) is -0.338. The highest BCUT2D eigenvalue weighted by Crippen LogP contribution is 2.36. The third-order valence-corrected chi connectivity index (χ3v) is 6.05. The van der Waals surface area contributed by atoms with Gasteiger partial charge >= 0.3 is 0 Å². The van der Waals surface area contributed by atoms with Gasteiger partial charge in [-0.05, 0) is 48.0 Å². The van der Waals surface area contributed by atoms with Crippen molar-refractivity contribution >= 4 is 62.6 Å². The first-order valence-corrected chi connectivity index (χ1v) is 11.2. The zero-order valence-electron chi connectivity index (χ0n) is 15.8. The van der Waals surface area contributed by atoms with Gasteiger partial charge in [0.05, 0.1) is 24.4 Å². The Bertz CT molecular complexity index is 1240. The second-order valence-corrected chi connectivity index (χ2v) is 8.48. The van der Waals surface area contributed by atoms with Crippen molar-refractivity contribution < 1.29 is 9.21 Å². The topological polar surface area (TPSA) is 82.2 Å². The first kappa shape index (κ1) is 20.3. The highest BCUT2D eigenvalue weighted by Gasteiger charge is 2.22. The Morgan fingerprint density at radius 3 is 2.83 bits per heavy atom. The Kier molecular flexibility index (Phi) is 5.95. The van der Waals surface area contributed by atoms with E-state index >= 15 is 0 Å². The van der Waals surface area contributed by atoms with E-state index in [-0.39, 0.29) is 11.6 Å². The van der Waals surface area contributed by atoms with E-state index < -0.39 is 0 Å². The molecule has 2 aromatic heterocycles. The fraction of sp³-hybridized carbons (Fsp3) is 0.0952. The zero-order chi connectivity index (χ0) is 21.1. The van der Waals surface area contributed by atoms with Gasteiger partial charge in [0, 0.05) is 17.3 Å². The molecule has 2 aromatic carbocycles. The number of carbonyl (C=O) groups is 1. The molecule has 0 aliphatic rings. The summed E-state index contributed by atoms with van der Waals surface area (Å²) >= 11 is 8.75. The molecule has 30 heavy (non-hydrogen) atoms. The summed E-state index contributed by atoms with van der Waals surface area (Å²) in [6.45, 7) is 0.500. The van der Waals surface area contributed by atoms with Crippen molar-refractivity contribution in [2.24, 2.45) is 0 Å². The van der Waals surface area contributed by atoms with Gasteiger partial charge in [-0.15, -0.1) is 0 Å². The number of thiazole rings is 1. The second-order valence-electron chi connectivity index (χ2n) is 6.29. The number of aromatic nitrogens is 1. The van der Waals surface area contributed by atoms with Crippen LogP contribution in [-0.2, 0) is 6.54 Å². The minimum atomic E-state index is -0.338. The molecule has 4 rings (SSSR count).